The van der Waals surface area contributed by atoms with Crippen LogP contribution < -0.4 is 11.0 Å². The summed E-state index contributed by atoms with van der Waals surface area (Å²) in [5.74, 6) is -1.02. The van der Waals surface area contributed by atoms with Crippen LogP contribution >= 0.6 is 23.2 Å². The van der Waals surface area contributed by atoms with Gasteiger partial charge in [0.05, 0.1) is 16.2 Å². The average Bonchev–Trinajstić information content (AvgIpc) is 2.84. The molecule has 0 aliphatic heterocycles. The summed E-state index contributed by atoms with van der Waals surface area (Å²) in [6, 6.07) is 5.68. The highest BCUT2D eigenvalue weighted by Gasteiger charge is 2.12. The molecule has 0 saturated heterocycles. The molecule has 0 spiro atoms. The number of carbonyl (C=O) groups excluding carboxylic acids is 1. The van der Waals surface area contributed by atoms with Crippen LogP contribution in [-0.4, -0.2) is 25.3 Å². The van der Waals surface area contributed by atoms with Gasteiger partial charge in [0, 0.05) is 12.6 Å². The van der Waals surface area contributed by atoms with Gasteiger partial charge in [-0.2, -0.15) is 9.61 Å². The number of carbonyl (C=O) groups is 1. The minimum atomic E-state index is -0.567. The zero-order valence-electron chi connectivity index (χ0n) is 12.0. The molecule has 1 aromatic carbocycles. The van der Waals surface area contributed by atoms with Crippen molar-refractivity contribution in [2.24, 2.45) is 0 Å². The van der Waals surface area contributed by atoms with Crippen molar-refractivity contribution in [1.82, 2.24) is 24.7 Å². The first-order valence-electron chi connectivity index (χ1n) is 6.76. The van der Waals surface area contributed by atoms with Crippen molar-refractivity contribution in [2.45, 2.75) is 13.1 Å². The molecule has 0 bridgehead atoms. The van der Waals surface area contributed by atoms with Crippen molar-refractivity contribution in [3.8, 4) is 0 Å². The number of aromatic nitrogens is 4. The molecule has 2 aromatic heterocycles. The summed E-state index contributed by atoms with van der Waals surface area (Å²) in [5, 5.41) is 10.7. The van der Waals surface area contributed by atoms with E-state index in [1.807, 2.05) is 0 Å². The maximum atomic E-state index is 13.3. The van der Waals surface area contributed by atoms with Crippen molar-refractivity contribution in [2.75, 3.05) is 0 Å². The third-order valence-corrected chi connectivity index (χ3v) is 3.69. The lowest BCUT2D eigenvalue weighted by Gasteiger charge is -2.05. The molecule has 2 heterocycles. The van der Waals surface area contributed by atoms with Gasteiger partial charge in [-0.05, 0) is 17.7 Å². The van der Waals surface area contributed by atoms with E-state index in [0.717, 1.165) is 9.20 Å². The Morgan fingerprint density at radius 2 is 2.08 bits per heavy atom. The second-order valence-electron chi connectivity index (χ2n) is 4.91. The second kappa shape index (κ2) is 6.58. The number of halogens is 3. The summed E-state index contributed by atoms with van der Waals surface area (Å²) in [4.78, 5) is 24.0. The fourth-order valence-electron chi connectivity index (χ4n) is 2.03. The van der Waals surface area contributed by atoms with Gasteiger partial charge in [0.2, 0.25) is 5.91 Å². The summed E-state index contributed by atoms with van der Waals surface area (Å²) < 4.78 is 15.3. The van der Waals surface area contributed by atoms with Gasteiger partial charge >= 0.3 is 5.69 Å². The molecule has 124 valence electrons. The molecule has 0 aliphatic carbocycles. The standard InChI is InChI=1S/C14H10Cl2FN5O2/c15-9-4-12-20-21(14(24)22(12)19-6-9)7-13(23)18-5-8-1-2-10(16)11(17)3-8/h1-4,6H,5,7H2,(H,18,23). The van der Waals surface area contributed by atoms with E-state index in [1.165, 1.54) is 24.4 Å². The quantitative estimate of drug-likeness (QED) is 0.757. The zero-order valence-corrected chi connectivity index (χ0v) is 13.6. The average molecular weight is 370 g/mol. The van der Waals surface area contributed by atoms with Crippen LogP contribution in [0.3, 0.4) is 0 Å². The van der Waals surface area contributed by atoms with E-state index >= 15 is 0 Å². The fraction of sp³-hybridized carbons (Fsp3) is 0.143. The topological polar surface area (TPSA) is 81.3 Å². The lowest BCUT2D eigenvalue weighted by Crippen LogP contribution is -2.32. The van der Waals surface area contributed by atoms with Gasteiger partial charge < -0.3 is 5.32 Å². The smallest absolute Gasteiger partial charge is 0.350 e. The summed E-state index contributed by atoms with van der Waals surface area (Å²) in [7, 11) is 0. The molecule has 7 nitrogen and oxygen atoms in total. The molecule has 0 fully saturated rings. The maximum Gasteiger partial charge on any atom is 0.367 e. The van der Waals surface area contributed by atoms with Crippen molar-refractivity contribution >= 4 is 34.8 Å². The number of rotatable bonds is 4. The molecule has 3 rings (SSSR count). The minimum absolute atomic E-state index is 0.00694. The van der Waals surface area contributed by atoms with E-state index in [1.54, 1.807) is 6.07 Å². The molecular formula is C14H10Cl2FN5O2. The molecule has 0 radical (unpaired) electrons. The number of amides is 1. The van der Waals surface area contributed by atoms with Crippen LogP contribution in [-0.2, 0) is 17.9 Å². The van der Waals surface area contributed by atoms with E-state index < -0.39 is 17.4 Å². The monoisotopic (exact) mass is 369 g/mol. The summed E-state index contributed by atoms with van der Waals surface area (Å²) in [6.45, 7) is -0.199. The third kappa shape index (κ3) is 3.39. The maximum absolute atomic E-state index is 13.3. The molecule has 1 N–H and O–H groups in total. The Bertz CT molecular complexity index is 985. The first-order valence-corrected chi connectivity index (χ1v) is 7.51. The Hall–Kier alpha value is -2.45. The first-order chi connectivity index (χ1) is 11.4. The normalized spacial score (nSPS) is 11.0. The Morgan fingerprint density at radius 1 is 1.29 bits per heavy atom. The minimum Gasteiger partial charge on any atom is -0.350 e. The van der Waals surface area contributed by atoms with E-state index in [2.05, 4.69) is 15.5 Å². The Kier molecular flexibility index (Phi) is 4.50. The number of hydrogen-bond acceptors (Lipinski definition) is 4. The van der Waals surface area contributed by atoms with Crippen molar-refractivity contribution in [3.05, 3.63) is 62.4 Å². The van der Waals surface area contributed by atoms with Crippen LogP contribution in [0, 0.1) is 5.82 Å². The molecule has 0 unspecified atom stereocenters. The van der Waals surface area contributed by atoms with Crippen LogP contribution in [0.5, 0.6) is 0 Å². The Labute approximate surface area is 144 Å². The van der Waals surface area contributed by atoms with Crippen molar-refractivity contribution in [3.63, 3.8) is 0 Å². The van der Waals surface area contributed by atoms with Crippen molar-refractivity contribution < 1.29 is 9.18 Å². The SMILES string of the molecule is O=C(Cn1nc2cc(Cl)cnn2c1=O)NCc1ccc(Cl)c(F)c1. The molecule has 0 saturated carbocycles. The van der Waals surface area contributed by atoms with Gasteiger partial charge in [-0.15, -0.1) is 5.10 Å². The molecular weight excluding hydrogens is 360 g/mol. The predicted molar refractivity (Wildman–Crippen MR) is 85.5 cm³/mol. The van der Waals surface area contributed by atoms with E-state index in [9.17, 15) is 14.0 Å². The van der Waals surface area contributed by atoms with Crippen molar-refractivity contribution in [1.29, 1.82) is 0 Å². The highest BCUT2D eigenvalue weighted by Crippen LogP contribution is 2.15. The van der Waals surface area contributed by atoms with Crippen LogP contribution in [0.15, 0.2) is 35.3 Å². The summed E-state index contributed by atoms with van der Waals surface area (Å²) >= 11 is 11.4. The number of nitrogens with one attached hydrogen (secondary N) is 1. The number of benzene rings is 1. The third-order valence-electron chi connectivity index (χ3n) is 3.17. The summed E-state index contributed by atoms with van der Waals surface area (Å²) in [5.41, 5.74) is 0.218. The van der Waals surface area contributed by atoms with Gasteiger partial charge in [-0.1, -0.05) is 29.3 Å². The van der Waals surface area contributed by atoms with E-state index in [-0.39, 0.29) is 23.8 Å². The molecule has 3 aromatic rings. The molecule has 10 heteroatoms. The number of nitrogens with zero attached hydrogens (tertiary/aromatic N) is 4. The highest BCUT2D eigenvalue weighted by molar-refractivity contribution is 6.31. The number of fused-ring (bicyclic) bond motifs is 1. The lowest BCUT2D eigenvalue weighted by atomic mass is 10.2. The van der Waals surface area contributed by atoms with Gasteiger partial charge in [-0.3, -0.25) is 4.79 Å². The van der Waals surface area contributed by atoms with Crippen LogP contribution in [0.2, 0.25) is 10.0 Å². The van der Waals surface area contributed by atoms with Crippen LogP contribution in [0.1, 0.15) is 5.56 Å². The van der Waals surface area contributed by atoms with Crippen LogP contribution in [0.4, 0.5) is 4.39 Å². The first kappa shape index (κ1) is 16.4. The Balaban J connectivity index is 1.69. The Morgan fingerprint density at radius 3 is 2.83 bits per heavy atom. The second-order valence-corrected chi connectivity index (χ2v) is 5.75. The van der Waals surface area contributed by atoms with Gasteiger partial charge in [0.25, 0.3) is 0 Å². The molecule has 1 amide bonds. The van der Waals surface area contributed by atoms with Gasteiger partial charge in [-0.25, -0.2) is 13.9 Å². The summed E-state index contributed by atoms with van der Waals surface area (Å²) in [6.07, 6.45) is 1.30. The molecule has 24 heavy (non-hydrogen) atoms. The van der Waals surface area contributed by atoms with E-state index in [0.29, 0.717) is 10.6 Å². The highest BCUT2D eigenvalue weighted by atomic mass is 35.5. The zero-order chi connectivity index (χ0) is 17.3. The predicted octanol–water partition coefficient (Wildman–Crippen LogP) is 1.65. The van der Waals surface area contributed by atoms with Gasteiger partial charge in [0.1, 0.15) is 12.4 Å². The molecule has 0 atom stereocenters. The van der Waals surface area contributed by atoms with Crippen LogP contribution in [0.25, 0.3) is 5.65 Å². The largest absolute Gasteiger partial charge is 0.367 e. The van der Waals surface area contributed by atoms with E-state index in [4.69, 9.17) is 23.2 Å². The van der Waals surface area contributed by atoms with Gasteiger partial charge in [0.15, 0.2) is 5.65 Å². The lowest BCUT2D eigenvalue weighted by molar-refractivity contribution is -0.122. The number of hydrogen-bond donors (Lipinski definition) is 1. The fourth-order valence-corrected chi connectivity index (χ4v) is 2.29. The molecule has 0 aliphatic rings.